The van der Waals surface area contributed by atoms with Crippen molar-refractivity contribution in [2.75, 3.05) is 0 Å². The molecule has 3 aromatic rings. The van der Waals surface area contributed by atoms with E-state index in [9.17, 15) is 4.79 Å². The molecule has 0 aliphatic rings. The number of fused-ring (bicyclic) bond motifs is 1. The Hall–Kier alpha value is -2.11. The number of rotatable bonds is 2. The van der Waals surface area contributed by atoms with Crippen molar-refractivity contribution in [3.8, 4) is 5.75 Å². The number of hydrogen-bond acceptors (Lipinski definition) is 4. The second kappa shape index (κ2) is 5.83. The minimum absolute atomic E-state index is 0.201. The second-order valence-electron chi connectivity index (χ2n) is 5.14. The van der Waals surface area contributed by atoms with E-state index < -0.39 is 5.97 Å². The zero-order chi connectivity index (χ0) is 16.7. The average molecular weight is 350 g/mol. The van der Waals surface area contributed by atoms with Crippen molar-refractivity contribution in [1.29, 1.82) is 0 Å². The second-order valence-corrected chi connectivity index (χ2v) is 5.93. The standard InChI is InChI=1S/C16H13Cl2N3O2/c1-8-11(7-10-9(2)20-21(3)15(10)19-8)16(22)23-13-6-4-5-12(17)14(13)18/h4-7H,1-3H3. The van der Waals surface area contributed by atoms with Crippen molar-refractivity contribution in [3.63, 3.8) is 0 Å². The Balaban J connectivity index is 2.02. The number of pyridine rings is 1. The number of carbonyl (C=O) groups is 1. The molecule has 0 aliphatic carbocycles. The van der Waals surface area contributed by atoms with Crippen LogP contribution in [0.4, 0.5) is 0 Å². The van der Waals surface area contributed by atoms with Crippen molar-refractivity contribution < 1.29 is 9.53 Å². The van der Waals surface area contributed by atoms with Gasteiger partial charge in [-0.15, -0.1) is 0 Å². The van der Waals surface area contributed by atoms with Gasteiger partial charge in [0, 0.05) is 12.4 Å². The normalized spacial score (nSPS) is 11.0. The fourth-order valence-corrected chi connectivity index (χ4v) is 2.69. The summed E-state index contributed by atoms with van der Waals surface area (Å²) in [6.45, 7) is 3.61. The van der Waals surface area contributed by atoms with E-state index in [0.717, 1.165) is 16.7 Å². The van der Waals surface area contributed by atoms with E-state index in [2.05, 4.69) is 10.1 Å². The van der Waals surface area contributed by atoms with Gasteiger partial charge in [-0.25, -0.2) is 9.78 Å². The van der Waals surface area contributed by atoms with Crippen LogP contribution in [0.25, 0.3) is 11.0 Å². The van der Waals surface area contributed by atoms with Crippen LogP contribution < -0.4 is 4.74 Å². The smallest absolute Gasteiger partial charge is 0.345 e. The zero-order valence-electron chi connectivity index (χ0n) is 12.7. The van der Waals surface area contributed by atoms with E-state index >= 15 is 0 Å². The highest BCUT2D eigenvalue weighted by Crippen LogP contribution is 2.32. The topological polar surface area (TPSA) is 57.0 Å². The first-order valence-electron chi connectivity index (χ1n) is 6.85. The molecule has 5 nitrogen and oxygen atoms in total. The predicted octanol–water partition coefficient (Wildman–Crippen LogP) is 4.11. The van der Waals surface area contributed by atoms with Crippen LogP contribution in [0, 0.1) is 13.8 Å². The number of hydrogen-bond donors (Lipinski definition) is 0. The lowest BCUT2D eigenvalue weighted by molar-refractivity contribution is 0.0734. The number of halogens is 2. The first kappa shape index (κ1) is 15.8. The SMILES string of the molecule is Cc1nc2c(cc1C(=O)Oc1cccc(Cl)c1Cl)c(C)nn2C. The van der Waals surface area contributed by atoms with E-state index in [4.69, 9.17) is 27.9 Å². The van der Waals surface area contributed by atoms with E-state index in [1.54, 1.807) is 35.9 Å². The third kappa shape index (κ3) is 2.78. The molecule has 0 bridgehead atoms. The number of benzene rings is 1. The van der Waals surface area contributed by atoms with Crippen LogP contribution in [0.5, 0.6) is 5.75 Å². The Labute approximate surface area is 142 Å². The van der Waals surface area contributed by atoms with Gasteiger partial charge < -0.3 is 4.74 Å². The molecule has 0 atom stereocenters. The summed E-state index contributed by atoms with van der Waals surface area (Å²) < 4.78 is 7.05. The average Bonchev–Trinajstić information content (AvgIpc) is 2.77. The van der Waals surface area contributed by atoms with Crippen LogP contribution in [0.3, 0.4) is 0 Å². The van der Waals surface area contributed by atoms with E-state index in [-0.39, 0.29) is 10.8 Å². The quantitative estimate of drug-likeness (QED) is 0.516. The number of aromatic nitrogens is 3. The minimum atomic E-state index is -0.538. The van der Waals surface area contributed by atoms with Crippen LogP contribution in [0.2, 0.25) is 10.0 Å². The van der Waals surface area contributed by atoms with Gasteiger partial charge in [0.25, 0.3) is 0 Å². The summed E-state index contributed by atoms with van der Waals surface area (Å²) in [5, 5.41) is 5.64. The molecule has 0 saturated heterocycles. The lowest BCUT2D eigenvalue weighted by atomic mass is 10.1. The number of nitrogens with zero attached hydrogens (tertiary/aromatic N) is 3. The van der Waals surface area contributed by atoms with Gasteiger partial charge in [-0.2, -0.15) is 5.10 Å². The molecule has 0 saturated carbocycles. The van der Waals surface area contributed by atoms with E-state index in [1.807, 2.05) is 14.0 Å². The lowest BCUT2D eigenvalue weighted by Crippen LogP contribution is -2.12. The summed E-state index contributed by atoms with van der Waals surface area (Å²) in [6, 6.07) is 6.61. The first-order valence-corrected chi connectivity index (χ1v) is 7.61. The summed E-state index contributed by atoms with van der Waals surface area (Å²) in [5.41, 5.74) is 2.44. The largest absolute Gasteiger partial charge is 0.421 e. The van der Waals surface area contributed by atoms with Crippen LogP contribution >= 0.6 is 23.2 Å². The Morgan fingerprint density at radius 2 is 1.96 bits per heavy atom. The van der Waals surface area contributed by atoms with Gasteiger partial charge in [-0.05, 0) is 32.0 Å². The molecule has 0 amide bonds. The van der Waals surface area contributed by atoms with Crippen molar-refractivity contribution in [1.82, 2.24) is 14.8 Å². The molecule has 0 radical (unpaired) electrons. The molecule has 7 heteroatoms. The highest BCUT2D eigenvalue weighted by Gasteiger charge is 2.18. The highest BCUT2D eigenvalue weighted by molar-refractivity contribution is 6.43. The molecule has 3 rings (SSSR count). The monoisotopic (exact) mass is 349 g/mol. The Kier molecular flexibility index (Phi) is 4.00. The van der Waals surface area contributed by atoms with Crippen LogP contribution in [-0.4, -0.2) is 20.7 Å². The summed E-state index contributed by atoms with van der Waals surface area (Å²) >= 11 is 12.0. The van der Waals surface area contributed by atoms with Gasteiger partial charge in [0.1, 0.15) is 5.02 Å². The van der Waals surface area contributed by atoms with Gasteiger partial charge >= 0.3 is 5.97 Å². The maximum atomic E-state index is 12.5. The molecule has 0 spiro atoms. The third-order valence-corrected chi connectivity index (χ3v) is 4.33. The summed E-state index contributed by atoms with van der Waals surface area (Å²) in [6.07, 6.45) is 0. The fourth-order valence-electron chi connectivity index (χ4n) is 2.36. The first-order chi connectivity index (χ1) is 10.9. The van der Waals surface area contributed by atoms with Crippen molar-refractivity contribution >= 4 is 40.2 Å². The number of aryl methyl sites for hydroxylation is 3. The Bertz CT molecular complexity index is 935. The molecule has 0 fully saturated rings. The molecule has 0 aliphatic heterocycles. The Morgan fingerprint density at radius 1 is 1.22 bits per heavy atom. The lowest BCUT2D eigenvalue weighted by Gasteiger charge is -2.09. The number of esters is 1. The van der Waals surface area contributed by atoms with Gasteiger partial charge in [-0.3, -0.25) is 4.68 Å². The molecular formula is C16H13Cl2N3O2. The van der Waals surface area contributed by atoms with Gasteiger partial charge in [0.05, 0.1) is 22.0 Å². The Morgan fingerprint density at radius 3 is 2.70 bits per heavy atom. The van der Waals surface area contributed by atoms with Crippen molar-refractivity contribution in [3.05, 3.63) is 51.3 Å². The van der Waals surface area contributed by atoms with E-state index in [1.165, 1.54) is 0 Å². The van der Waals surface area contributed by atoms with Crippen LogP contribution in [0.1, 0.15) is 21.7 Å². The van der Waals surface area contributed by atoms with Crippen LogP contribution in [-0.2, 0) is 7.05 Å². The summed E-state index contributed by atoms with van der Waals surface area (Å²) in [4.78, 5) is 16.9. The van der Waals surface area contributed by atoms with Crippen LogP contribution in [0.15, 0.2) is 24.3 Å². The summed E-state index contributed by atoms with van der Waals surface area (Å²) in [5.74, 6) is -0.323. The fraction of sp³-hybridized carbons (Fsp3) is 0.188. The molecule has 118 valence electrons. The minimum Gasteiger partial charge on any atom is -0.421 e. The molecule has 0 unspecified atom stereocenters. The molecular weight excluding hydrogens is 337 g/mol. The molecule has 2 heterocycles. The van der Waals surface area contributed by atoms with E-state index in [0.29, 0.717) is 16.3 Å². The molecule has 0 N–H and O–H groups in total. The predicted molar refractivity (Wildman–Crippen MR) is 89.4 cm³/mol. The van der Waals surface area contributed by atoms with Gasteiger partial charge in [0.15, 0.2) is 11.4 Å². The van der Waals surface area contributed by atoms with Crippen molar-refractivity contribution in [2.24, 2.45) is 7.05 Å². The maximum Gasteiger partial charge on any atom is 0.345 e. The van der Waals surface area contributed by atoms with Crippen molar-refractivity contribution in [2.45, 2.75) is 13.8 Å². The summed E-state index contributed by atoms with van der Waals surface area (Å²) in [7, 11) is 1.81. The third-order valence-electron chi connectivity index (χ3n) is 3.53. The molecule has 2 aromatic heterocycles. The number of ether oxygens (including phenoxy) is 1. The zero-order valence-corrected chi connectivity index (χ0v) is 14.2. The number of carbonyl (C=O) groups excluding carboxylic acids is 1. The molecule has 1 aromatic carbocycles. The molecule has 23 heavy (non-hydrogen) atoms. The van der Waals surface area contributed by atoms with Gasteiger partial charge in [0.2, 0.25) is 0 Å². The maximum absolute atomic E-state index is 12.5. The highest BCUT2D eigenvalue weighted by atomic mass is 35.5. The van der Waals surface area contributed by atoms with Gasteiger partial charge in [-0.1, -0.05) is 29.3 Å².